The number of para-hydroxylation sites is 1. The van der Waals surface area contributed by atoms with Crippen molar-refractivity contribution < 1.29 is 4.79 Å². The lowest BCUT2D eigenvalue weighted by molar-refractivity contribution is 0.0997. The number of hydrogen-bond acceptors (Lipinski definition) is 5. The maximum Gasteiger partial charge on any atom is 0.268 e. The number of hydrogen-bond donors (Lipinski definition) is 2. The Balaban J connectivity index is 1.58. The fourth-order valence-electron chi connectivity index (χ4n) is 5.30. The van der Waals surface area contributed by atoms with E-state index in [1.807, 2.05) is 18.2 Å². The number of piperidine rings is 1. The standard InChI is InChI=1S/C26H25N5O2/c1-15-16-4-2-3-5-17(16)30-25(31-12-9-26(7-8-26)10-13-31)21(15)19-14-20(32)22-18(29-19)6-11-28-23(22)24(27)33/h2-6,11,14H,7-10,12-13H2,1H3,(H2,27,33)(H,29,32). The number of aromatic amines is 1. The molecule has 4 heterocycles. The molecule has 4 aromatic rings. The molecule has 33 heavy (non-hydrogen) atoms. The van der Waals surface area contributed by atoms with Crippen molar-refractivity contribution in [1.82, 2.24) is 15.0 Å². The van der Waals surface area contributed by atoms with Crippen LogP contribution in [0.5, 0.6) is 0 Å². The van der Waals surface area contributed by atoms with Crippen LogP contribution >= 0.6 is 0 Å². The predicted molar refractivity (Wildman–Crippen MR) is 129 cm³/mol. The Morgan fingerprint density at radius 2 is 1.88 bits per heavy atom. The second-order valence-corrected chi connectivity index (χ2v) is 9.43. The van der Waals surface area contributed by atoms with Crippen LogP contribution in [0.4, 0.5) is 5.82 Å². The molecule has 3 N–H and O–H groups in total. The van der Waals surface area contributed by atoms with E-state index in [1.165, 1.54) is 31.9 Å². The van der Waals surface area contributed by atoms with Crippen LogP contribution in [-0.4, -0.2) is 33.9 Å². The molecule has 1 spiro atoms. The van der Waals surface area contributed by atoms with Gasteiger partial charge in [-0.05, 0) is 55.7 Å². The normalized spacial score (nSPS) is 17.1. The van der Waals surface area contributed by atoms with E-state index in [4.69, 9.17) is 10.7 Å². The molecule has 7 heteroatoms. The van der Waals surface area contributed by atoms with Crippen LogP contribution in [0.1, 0.15) is 41.7 Å². The molecular formula is C26H25N5O2. The lowest BCUT2D eigenvalue weighted by Gasteiger charge is -2.34. The molecule has 2 aliphatic rings. The highest BCUT2D eigenvalue weighted by atomic mass is 16.1. The third kappa shape index (κ3) is 3.18. The van der Waals surface area contributed by atoms with Crippen molar-refractivity contribution in [3.63, 3.8) is 0 Å². The second-order valence-electron chi connectivity index (χ2n) is 9.43. The number of H-pyrrole nitrogens is 1. The lowest BCUT2D eigenvalue weighted by atomic mass is 9.92. The smallest absolute Gasteiger partial charge is 0.268 e. The van der Waals surface area contributed by atoms with E-state index in [2.05, 4.69) is 27.9 Å². The van der Waals surface area contributed by atoms with Crippen LogP contribution in [0, 0.1) is 12.3 Å². The van der Waals surface area contributed by atoms with Crippen molar-refractivity contribution in [1.29, 1.82) is 0 Å². The van der Waals surface area contributed by atoms with Crippen LogP contribution in [0.25, 0.3) is 33.1 Å². The Morgan fingerprint density at radius 3 is 2.61 bits per heavy atom. The lowest BCUT2D eigenvalue weighted by Crippen LogP contribution is -2.35. The largest absolute Gasteiger partial charge is 0.364 e. The van der Waals surface area contributed by atoms with Gasteiger partial charge in [-0.25, -0.2) is 4.98 Å². The Bertz CT molecular complexity index is 1490. The van der Waals surface area contributed by atoms with Crippen molar-refractivity contribution >= 4 is 33.5 Å². The van der Waals surface area contributed by atoms with Gasteiger partial charge in [0, 0.05) is 36.3 Å². The van der Waals surface area contributed by atoms with Gasteiger partial charge in [0.05, 0.1) is 22.1 Å². The van der Waals surface area contributed by atoms with E-state index in [0.29, 0.717) is 16.6 Å². The van der Waals surface area contributed by atoms with E-state index >= 15 is 0 Å². The number of carbonyl (C=O) groups excluding carboxylic acids is 1. The number of benzene rings is 1. The average molecular weight is 440 g/mol. The average Bonchev–Trinajstić information content (AvgIpc) is 3.57. The minimum Gasteiger partial charge on any atom is -0.364 e. The number of nitrogens with zero attached hydrogens (tertiary/aromatic N) is 3. The molecule has 0 unspecified atom stereocenters. The van der Waals surface area contributed by atoms with Crippen LogP contribution in [-0.2, 0) is 0 Å². The molecule has 3 aromatic heterocycles. The van der Waals surface area contributed by atoms with Gasteiger partial charge in [-0.2, -0.15) is 0 Å². The fraction of sp³-hybridized carbons (Fsp3) is 0.308. The van der Waals surface area contributed by atoms with Gasteiger partial charge in [0.25, 0.3) is 5.91 Å². The number of amides is 1. The Morgan fingerprint density at radius 1 is 1.12 bits per heavy atom. The van der Waals surface area contributed by atoms with E-state index in [9.17, 15) is 9.59 Å². The number of anilines is 1. The number of fused-ring (bicyclic) bond motifs is 2. The van der Waals surface area contributed by atoms with Gasteiger partial charge in [-0.15, -0.1) is 0 Å². The van der Waals surface area contributed by atoms with E-state index in [0.717, 1.165) is 40.9 Å². The Kier molecular flexibility index (Phi) is 4.30. The van der Waals surface area contributed by atoms with Gasteiger partial charge < -0.3 is 15.6 Å². The first-order valence-electron chi connectivity index (χ1n) is 11.4. The predicted octanol–water partition coefficient (Wildman–Crippen LogP) is 3.93. The summed E-state index contributed by atoms with van der Waals surface area (Å²) in [4.78, 5) is 39.8. The summed E-state index contributed by atoms with van der Waals surface area (Å²) < 4.78 is 0. The Labute approximate surface area is 190 Å². The maximum atomic E-state index is 13.2. The fourth-order valence-corrected chi connectivity index (χ4v) is 5.30. The third-order valence-electron chi connectivity index (χ3n) is 7.46. The first-order chi connectivity index (χ1) is 16.0. The molecule has 1 saturated heterocycles. The van der Waals surface area contributed by atoms with Gasteiger partial charge in [0.15, 0.2) is 5.43 Å². The summed E-state index contributed by atoms with van der Waals surface area (Å²) >= 11 is 0. The summed E-state index contributed by atoms with van der Waals surface area (Å²) in [6.45, 7) is 4.01. The zero-order valence-electron chi connectivity index (χ0n) is 18.5. The number of aromatic nitrogens is 3. The highest BCUT2D eigenvalue weighted by Gasteiger charge is 2.44. The van der Waals surface area contributed by atoms with Gasteiger partial charge in [-0.1, -0.05) is 18.2 Å². The molecule has 7 nitrogen and oxygen atoms in total. The van der Waals surface area contributed by atoms with Gasteiger partial charge in [0.2, 0.25) is 0 Å². The topological polar surface area (TPSA) is 105 Å². The van der Waals surface area contributed by atoms with Gasteiger partial charge in [0.1, 0.15) is 11.5 Å². The maximum absolute atomic E-state index is 13.2. The van der Waals surface area contributed by atoms with E-state index < -0.39 is 5.91 Å². The van der Waals surface area contributed by atoms with Crippen molar-refractivity contribution in [2.75, 3.05) is 18.0 Å². The summed E-state index contributed by atoms with van der Waals surface area (Å²) in [5.41, 5.74) is 9.89. The molecule has 0 radical (unpaired) electrons. The molecule has 6 rings (SSSR count). The first kappa shape index (κ1) is 19.9. The van der Waals surface area contributed by atoms with Crippen molar-refractivity contribution in [2.24, 2.45) is 11.1 Å². The molecule has 0 bridgehead atoms. The van der Waals surface area contributed by atoms with Crippen LogP contribution < -0.4 is 16.1 Å². The first-order valence-corrected chi connectivity index (χ1v) is 11.4. The monoisotopic (exact) mass is 439 g/mol. The van der Waals surface area contributed by atoms with Gasteiger partial charge in [-0.3, -0.25) is 14.6 Å². The van der Waals surface area contributed by atoms with Crippen LogP contribution in [0.15, 0.2) is 47.4 Å². The third-order valence-corrected chi connectivity index (χ3v) is 7.46. The molecule has 1 aliphatic carbocycles. The molecule has 1 aromatic carbocycles. The van der Waals surface area contributed by atoms with Crippen molar-refractivity contribution in [3.8, 4) is 11.3 Å². The minimum absolute atomic E-state index is 0.0142. The molecule has 0 atom stereocenters. The summed E-state index contributed by atoms with van der Waals surface area (Å²) in [6.07, 6.45) is 6.54. The van der Waals surface area contributed by atoms with Gasteiger partial charge >= 0.3 is 0 Å². The van der Waals surface area contributed by atoms with Crippen LogP contribution in [0.3, 0.4) is 0 Å². The number of rotatable bonds is 3. The SMILES string of the molecule is Cc1c(-c2cc(=O)c3c(C(N)=O)nccc3[nH]2)c(N2CCC3(CC2)CC3)nc2ccccc12. The number of aryl methyl sites for hydroxylation is 1. The Hall–Kier alpha value is -3.74. The zero-order valence-corrected chi connectivity index (χ0v) is 18.5. The summed E-state index contributed by atoms with van der Waals surface area (Å²) in [6, 6.07) is 11.4. The highest BCUT2D eigenvalue weighted by molar-refractivity contribution is 6.04. The minimum atomic E-state index is -0.717. The quantitative estimate of drug-likeness (QED) is 0.503. The summed E-state index contributed by atoms with van der Waals surface area (Å²) in [5.74, 6) is 0.186. The number of nitrogens with one attached hydrogen (secondary N) is 1. The highest BCUT2D eigenvalue weighted by Crippen LogP contribution is 2.54. The van der Waals surface area contributed by atoms with Crippen molar-refractivity contribution in [3.05, 3.63) is 64.1 Å². The molecule has 2 fully saturated rings. The molecule has 1 amide bonds. The molecular weight excluding hydrogens is 414 g/mol. The number of carbonyl (C=O) groups is 1. The zero-order chi connectivity index (χ0) is 22.7. The number of primary amides is 1. The molecule has 1 aliphatic heterocycles. The summed E-state index contributed by atoms with van der Waals surface area (Å²) in [7, 11) is 0. The van der Waals surface area contributed by atoms with Crippen molar-refractivity contribution in [2.45, 2.75) is 32.6 Å². The second kappa shape index (κ2) is 7.13. The number of pyridine rings is 3. The van der Waals surface area contributed by atoms with E-state index in [-0.39, 0.29) is 16.5 Å². The molecule has 1 saturated carbocycles. The van der Waals surface area contributed by atoms with E-state index in [1.54, 1.807) is 12.1 Å². The number of nitrogens with two attached hydrogens (primary N) is 1. The van der Waals surface area contributed by atoms with Crippen LogP contribution in [0.2, 0.25) is 0 Å². The molecule has 166 valence electrons. The summed E-state index contributed by atoms with van der Waals surface area (Å²) in [5, 5.41) is 1.27.